The maximum atomic E-state index is 2.30. The molecule has 0 spiro atoms. The lowest BCUT2D eigenvalue weighted by Crippen LogP contribution is -2.05. The lowest BCUT2D eigenvalue weighted by molar-refractivity contribution is 0.659. The molecule has 1 aromatic rings. The van der Waals surface area contributed by atoms with Crippen LogP contribution in [-0.2, 0) is 5.41 Å². The molecule has 1 aliphatic rings. The first-order valence-corrected chi connectivity index (χ1v) is 5.85. The molecule has 0 aromatic heterocycles. The van der Waals surface area contributed by atoms with Crippen molar-refractivity contribution in [3.63, 3.8) is 0 Å². The van der Waals surface area contributed by atoms with Gasteiger partial charge in [0.2, 0.25) is 0 Å². The second-order valence-corrected chi connectivity index (χ2v) is 3.95. The molecule has 0 N–H and O–H groups in total. The Morgan fingerprint density at radius 1 is 1.14 bits per heavy atom. The topological polar surface area (TPSA) is 0 Å². The van der Waals surface area contributed by atoms with E-state index in [-0.39, 0.29) is 0 Å². The van der Waals surface area contributed by atoms with E-state index in [1.54, 1.807) is 5.56 Å². The SMILES string of the molecule is CC.CCC1(c2ccccc2C)CC1. The molecule has 0 atom stereocenters. The minimum absolute atomic E-state index is 0.575. The first kappa shape index (κ1) is 11.3. The van der Waals surface area contributed by atoms with E-state index in [1.165, 1.54) is 24.8 Å². The standard InChI is InChI=1S/C12H16.C2H6/c1-3-12(8-9-12)11-7-5-4-6-10(11)2;1-2/h4-7H,3,8-9H2,1-2H3;1-2H3. The quantitative estimate of drug-likeness (QED) is 0.645. The predicted octanol–water partition coefficient (Wildman–Crippen LogP) is 4.46. The fourth-order valence-electron chi connectivity index (χ4n) is 2.13. The molecule has 1 fully saturated rings. The zero-order valence-electron chi connectivity index (χ0n) is 9.93. The van der Waals surface area contributed by atoms with E-state index in [0.717, 1.165) is 0 Å². The fourth-order valence-corrected chi connectivity index (χ4v) is 2.13. The molecule has 0 nitrogen and oxygen atoms in total. The van der Waals surface area contributed by atoms with Crippen molar-refractivity contribution in [3.8, 4) is 0 Å². The van der Waals surface area contributed by atoms with Gasteiger partial charge in [-0.15, -0.1) is 0 Å². The van der Waals surface area contributed by atoms with E-state index < -0.39 is 0 Å². The van der Waals surface area contributed by atoms with Gasteiger partial charge in [0, 0.05) is 0 Å². The minimum Gasteiger partial charge on any atom is -0.0683 e. The number of aryl methyl sites for hydroxylation is 1. The molecular weight excluding hydrogens is 168 g/mol. The summed E-state index contributed by atoms with van der Waals surface area (Å²) in [5.74, 6) is 0. The molecule has 2 rings (SSSR count). The van der Waals surface area contributed by atoms with Crippen LogP contribution in [0.4, 0.5) is 0 Å². The monoisotopic (exact) mass is 190 g/mol. The number of hydrogen-bond donors (Lipinski definition) is 0. The summed E-state index contributed by atoms with van der Waals surface area (Å²) < 4.78 is 0. The molecule has 0 heterocycles. The van der Waals surface area contributed by atoms with Gasteiger partial charge in [-0.3, -0.25) is 0 Å². The summed E-state index contributed by atoms with van der Waals surface area (Å²) >= 11 is 0. The molecule has 0 amide bonds. The van der Waals surface area contributed by atoms with Crippen LogP contribution >= 0.6 is 0 Å². The maximum absolute atomic E-state index is 2.30. The predicted molar refractivity (Wildman–Crippen MR) is 63.7 cm³/mol. The Hall–Kier alpha value is -0.780. The van der Waals surface area contributed by atoms with Crippen molar-refractivity contribution in [1.82, 2.24) is 0 Å². The largest absolute Gasteiger partial charge is 0.0683 e. The van der Waals surface area contributed by atoms with Gasteiger partial charge in [0.25, 0.3) is 0 Å². The van der Waals surface area contributed by atoms with Crippen LogP contribution in [0.25, 0.3) is 0 Å². The highest BCUT2D eigenvalue weighted by Gasteiger charge is 2.42. The Morgan fingerprint density at radius 3 is 2.14 bits per heavy atom. The third-order valence-corrected chi connectivity index (χ3v) is 3.25. The van der Waals surface area contributed by atoms with Gasteiger partial charge in [0.1, 0.15) is 0 Å². The lowest BCUT2D eigenvalue weighted by atomic mass is 9.90. The van der Waals surface area contributed by atoms with Gasteiger partial charge in [-0.05, 0) is 42.7 Å². The van der Waals surface area contributed by atoms with Gasteiger partial charge < -0.3 is 0 Å². The molecule has 78 valence electrons. The van der Waals surface area contributed by atoms with Crippen LogP contribution < -0.4 is 0 Å². The number of rotatable bonds is 2. The van der Waals surface area contributed by atoms with E-state index in [1.807, 2.05) is 13.8 Å². The Kier molecular flexibility index (Phi) is 3.74. The Morgan fingerprint density at radius 2 is 1.71 bits per heavy atom. The minimum atomic E-state index is 0.575. The second kappa shape index (κ2) is 4.63. The summed E-state index contributed by atoms with van der Waals surface area (Å²) in [6, 6.07) is 8.82. The average Bonchev–Trinajstić information content (AvgIpc) is 3.02. The van der Waals surface area contributed by atoms with Gasteiger partial charge >= 0.3 is 0 Å². The van der Waals surface area contributed by atoms with Gasteiger partial charge in [-0.25, -0.2) is 0 Å². The molecule has 0 heteroatoms. The summed E-state index contributed by atoms with van der Waals surface area (Å²) in [6.45, 7) is 8.53. The summed E-state index contributed by atoms with van der Waals surface area (Å²) in [5, 5.41) is 0. The zero-order chi connectivity index (χ0) is 10.6. The first-order valence-electron chi connectivity index (χ1n) is 5.85. The second-order valence-electron chi connectivity index (χ2n) is 3.95. The summed E-state index contributed by atoms with van der Waals surface area (Å²) in [6.07, 6.45) is 4.10. The lowest BCUT2D eigenvalue weighted by Gasteiger charge is -2.15. The van der Waals surface area contributed by atoms with Crippen molar-refractivity contribution >= 4 is 0 Å². The van der Waals surface area contributed by atoms with Crippen LogP contribution in [0.1, 0.15) is 51.2 Å². The van der Waals surface area contributed by atoms with Crippen molar-refractivity contribution < 1.29 is 0 Å². The summed E-state index contributed by atoms with van der Waals surface area (Å²) in [4.78, 5) is 0. The smallest absolute Gasteiger partial charge is 0.00463 e. The van der Waals surface area contributed by atoms with Gasteiger partial charge in [0.15, 0.2) is 0 Å². The van der Waals surface area contributed by atoms with Crippen molar-refractivity contribution in [2.75, 3.05) is 0 Å². The van der Waals surface area contributed by atoms with Crippen molar-refractivity contribution in [3.05, 3.63) is 35.4 Å². The molecule has 0 unspecified atom stereocenters. The van der Waals surface area contributed by atoms with Crippen LogP contribution in [0, 0.1) is 6.92 Å². The summed E-state index contributed by atoms with van der Waals surface area (Å²) in [5.41, 5.74) is 3.63. The fraction of sp³-hybridized carbons (Fsp3) is 0.571. The molecule has 0 saturated heterocycles. The molecule has 0 aliphatic heterocycles. The normalized spacial score (nSPS) is 16.9. The zero-order valence-corrected chi connectivity index (χ0v) is 9.93. The highest BCUT2D eigenvalue weighted by molar-refractivity contribution is 5.37. The molecule has 14 heavy (non-hydrogen) atoms. The van der Waals surface area contributed by atoms with Crippen LogP contribution in [0.15, 0.2) is 24.3 Å². The molecular formula is C14H22. The van der Waals surface area contributed by atoms with Crippen LogP contribution in [-0.4, -0.2) is 0 Å². The highest BCUT2D eigenvalue weighted by Crippen LogP contribution is 2.51. The molecule has 1 saturated carbocycles. The Bertz CT molecular complexity index is 282. The molecule has 0 radical (unpaired) electrons. The third-order valence-electron chi connectivity index (χ3n) is 3.25. The van der Waals surface area contributed by atoms with E-state index in [2.05, 4.69) is 38.1 Å². The van der Waals surface area contributed by atoms with E-state index >= 15 is 0 Å². The maximum Gasteiger partial charge on any atom is -0.00463 e. The van der Waals surface area contributed by atoms with Gasteiger partial charge in [-0.1, -0.05) is 45.0 Å². The first-order chi connectivity index (χ1) is 6.78. The molecule has 1 aliphatic carbocycles. The van der Waals surface area contributed by atoms with Crippen LogP contribution in [0.2, 0.25) is 0 Å². The van der Waals surface area contributed by atoms with Gasteiger partial charge in [-0.2, -0.15) is 0 Å². The van der Waals surface area contributed by atoms with Crippen LogP contribution in [0.5, 0.6) is 0 Å². The van der Waals surface area contributed by atoms with Gasteiger partial charge in [0.05, 0.1) is 0 Å². The van der Waals surface area contributed by atoms with Crippen LogP contribution in [0.3, 0.4) is 0 Å². The van der Waals surface area contributed by atoms with E-state index in [9.17, 15) is 0 Å². The Balaban J connectivity index is 0.000000461. The summed E-state index contributed by atoms with van der Waals surface area (Å²) in [7, 11) is 0. The number of hydrogen-bond acceptors (Lipinski definition) is 0. The average molecular weight is 190 g/mol. The van der Waals surface area contributed by atoms with E-state index in [0.29, 0.717) is 5.41 Å². The molecule has 0 bridgehead atoms. The Labute approximate surface area is 88.4 Å². The number of benzene rings is 1. The molecule has 1 aromatic carbocycles. The highest BCUT2D eigenvalue weighted by atomic mass is 14.5. The van der Waals surface area contributed by atoms with Crippen molar-refractivity contribution in [2.45, 2.75) is 52.4 Å². The third kappa shape index (κ3) is 2.00. The van der Waals surface area contributed by atoms with Crippen molar-refractivity contribution in [1.29, 1.82) is 0 Å². The van der Waals surface area contributed by atoms with Crippen molar-refractivity contribution in [2.24, 2.45) is 0 Å². The van der Waals surface area contributed by atoms with E-state index in [4.69, 9.17) is 0 Å².